The summed E-state index contributed by atoms with van der Waals surface area (Å²) in [5.74, 6) is 1.10. The van der Waals surface area contributed by atoms with Crippen molar-refractivity contribution in [2.75, 3.05) is 13.2 Å². The highest BCUT2D eigenvalue weighted by atomic mass is 79.9. The highest BCUT2D eigenvalue weighted by Gasteiger charge is 2.62. The van der Waals surface area contributed by atoms with Crippen LogP contribution < -0.4 is 0 Å². The van der Waals surface area contributed by atoms with Crippen LogP contribution in [0.1, 0.15) is 25.7 Å². The van der Waals surface area contributed by atoms with E-state index in [1.165, 1.54) is 0 Å². The van der Waals surface area contributed by atoms with E-state index >= 15 is 0 Å². The smallest absolute Gasteiger partial charge is 0.0514 e. The molecule has 4 heteroatoms. The van der Waals surface area contributed by atoms with Crippen molar-refractivity contribution in [1.82, 2.24) is 0 Å². The Morgan fingerprint density at radius 3 is 1.60 bits per heavy atom. The fourth-order valence-corrected chi connectivity index (χ4v) is 4.26. The largest absolute Gasteiger partial charge is 0.396 e. The number of aliphatic hydroxyl groups excluding tert-OH is 2. The molecule has 15 heavy (non-hydrogen) atoms. The molecule has 0 heterocycles. The van der Waals surface area contributed by atoms with Crippen LogP contribution in [-0.4, -0.2) is 33.1 Å². The van der Waals surface area contributed by atoms with Gasteiger partial charge in [-0.25, -0.2) is 0 Å². The van der Waals surface area contributed by atoms with Crippen LogP contribution in [0.5, 0.6) is 0 Å². The van der Waals surface area contributed by atoms with E-state index in [1.54, 1.807) is 0 Å². The van der Waals surface area contributed by atoms with Gasteiger partial charge in [-0.1, -0.05) is 31.9 Å². The molecular weight excluding hydrogens is 324 g/mol. The zero-order chi connectivity index (χ0) is 11.1. The van der Waals surface area contributed by atoms with Crippen LogP contribution in [-0.2, 0) is 0 Å². The molecule has 0 spiro atoms. The third-order valence-electron chi connectivity index (χ3n) is 4.34. The van der Waals surface area contributed by atoms with Crippen molar-refractivity contribution >= 4 is 31.9 Å². The predicted molar refractivity (Wildman–Crippen MR) is 67.5 cm³/mol. The van der Waals surface area contributed by atoms with Crippen LogP contribution in [0.4, 0.5) is 0 Å². The van der Waals surface area contributed by atoms with Gasteiger partial charge in [0.25, 0.3) is 0 Å². The summed E-state index contributed by atoms with van der Waals surface area (Å²) < 4.78 is 0. The van der Waals surface area contributed by atoms with E-state index in [0.29, 0.717) is 21.5 Å². The molecule has 0 radical (unpaired) electrons. The van der Waals surface area contributed by atoms with E-state index in [9.17, 15) is 10.2 Å². The van der Waals surface area contributed by atoms with Crippen LogP contribution in [0.3, 0.4) is 0 Å². The van der Waals surface area contributed by atoms with Gasteiger partial charge in [0.05, 0.1) is 13.2 Å². The number of rotatable bonds is 2. The molecule has 88 valence electrons. The molecule has 0 amide bonds. The van der Waals surface area contributed by atoms with E-state index in [0.717, 1.165) is 25.7 Å². The van der Waals surface area contributed by atoms with Gasteiger partial charge in [-0.05, 0) is 37.5 Å². The van der Waals surface area contributed by atoms with Crippen molar-refractivity contribution < 1.29 is 10.2 Å². The van der Waals surface area contributed by atoms with E-state index in [-0.39, 0.29) is 18.6 Å². The molecule has 0 aromatic rings. The maximum atomic E-state index is 9.42. The topological polar surface area (TPSA) is 40.5 Å². The summed E-state index contributed by atoms with van der Waals surface area (Å²) in [5, 5.41) is 18.8. The van der Waals surface area contributed by atoms with Gasteiger partial charge in [0.15, 0.2) is 0 Å². The first kappa shape index (κ1) is 12.3. The molecule has 4 atom stereocenters. The van der Waals surface area contributed by atoms with Crippen molar-refractivity contribution in [2.24, 2.45) is 17.3 Å². The van der Waals surface area contributed by atoms with Crippen LogP contribution in [0, 0.1) is 17.3 Å². The van der Waals surface area contributed by atoms with E-state index < -0.39 is 0 Å². The van der Waals surface area contributed by atoms with Gasteiger partial charge in [-0.3, -0.25) is 0 Å². The molecule has 2 aliphatic carbocycles. The molecule has 2 saturated carbocycles. The minimum Gasteiger partial charge on any atom is -0.396 e. The quantitative estimate of drug-likeness (QED) is 0.757. The molecule has 0 saturated heterocycles. The molecule has 2 N–H and O–H groups in total. The molecule has 0 aliphatic heterocycles. The van der Waals surface area contributed by atoms with Gasteiger partial charge >= 0.3 is 0 Å². The van der Waals surface area contributed by atoms with E-state index in [2.05, 4.69) is 31.9 Å². The maximum Gasteiger partial charge on any atom is 0.0514 e. The summed E-state index contributed by atoms with van der Waals surface area (Å²) >= 11 is 7.39. The van der Waals surface area contributed by atoms with Crippen LogP contribution in [0.25, 0.3) is 0 Å². The van der Waals surface area contributed by atoms with Gasteiger partial charge in [-0.2, -0.15) is 0 Å². The third-order valence-corrected chi connectivity index (χ3v) is 7.24. The molecule has 2 rings (SSSR count). The van der Waals surface area contributed by atoms with Crippen LogP contribution in [0.15, 0.2) is 0 Å². The highest BCUT2D eigenvalue weighted by Crippen LogP contribution is 2.63. The number of hydrogen-bond donors (Lipinski definition) is 2. The molecule has 0 unspecified atom stereocenters. The summed E-state index contributed by atoms with van der Waals surface area (Å²) in [6, 6.07) is 0. The normalized spacial score (nSPS) is 44.0. The second-order valence-corrected chi connectivity index (χ2v) is 7.30. The van der Waals surface area contributed by atoms with Crippen LogP contribution in [0.2, 0.25) is 0 Å². The van der Waals surface area contributed by atoms with Crippen molar-refractivity contribution in [3.63, 3.8) is 0 Å². The zero-order valence-electron chi connectivity index (χ0n) is 8.70. The second kappa shape index (κ2) is 4.63. The lowest BCUT2D eigenvalue weighted by molar-refractivity contribution is 0.111. The summed E-state index contributed by atoms with van der Waals surface area (Å²) in [6.45, 7) is 0.303. The molecule has 2 nitrogen and oxygen atoms in total. The summed E-state index contributed by atoms with van der Waals surface area (Å²) in [6.07, 6.45) is 4.53. The number of hydrogen-bond acceptors (Lipinski definition) is 2. The Labute approximate surface area is 108 Å². The first-order valence-corrected chi connectivity index (χ1v) is 7.48. The lowest BCUT2D eigenvalue weighted by Crippen LogP contribution is -2.16. The third kappa shape index (κ3) is 2.03. The minimum atomic E-state index is -0.149. The van der Waals surface area contributed by atoms with Crippen LogP contribution >= 0.6 is 31.9 Å². The molecule has 2 aliphatic rings. The SMILES string of the molecule is OCC1(CO)[C@@H]2CC[C@@H](Br)[C@@H](Br)CC[C@H]21. The Morgan fingerprint density at radius 2 is 1.27 bits per heavy atom. The average Bonchev–Trinajstić information content (AvgIpc) is 2.87. The maximum absolute atomic E-state index is 9.42. The number of aliphatic hydroxyl groups is 2. The first-order valence-electron chi connectivity index (χ1n) is 5.65. The summed E-state index contributed by atoms with van der Waals surface area (Å²) in [7, 11) is 0. The average molecular weight is 342 g/mol. The molecule has 0 bridgehead atoms. The van der Waals surface area contributed by atoms with Gasteiger partial charge in [0.1, 0.15) is 0 Å². The van der Waals surface area contributed by atoms with Gasteiger partial charge in [0, 0.05) is 15.1 Å². The highest BCUT2D eigenvalue weighted by molar-refractivity contribution is 9.12. The monoisotopic (exact) mass is 340 g/mol. The Balaban J connectivity index is 2.03. The standard InChI is InChI=1S/C11H18Br2O2/c12-9-3-1-7-8(2-4-10(9)13)11(7,5-14)6-15/h7-10,14-15H,1-6H2/t7-,8-,9-,10+/m1/s1. The molecular formula is C11H18Br2O2. The minimum absolute atomic E-state index is 0.149. The van der Waals surface area contributed by atoms with Crippen molar-refractivity contribution in [3.05, 3.63) is 0 Å². The lowest BCUT2D eigenvalue weighted by Gasteiger charge is -2.18. The van der Waals surface area contributed by atoms with E-state index in [1.807, 2.05) is 0 Å². The first-order chi connectivity index (χ1) is 7.15. The zero-order valence-corrected chi connectivity index (χ0v) is 11.9. The predicted octanol–water partition coefficient (Wildman–Crippen LogP) is 2.30. The fourth-order valence-electron chi connectivity index (χ4n) is 3.21. The Morgan fingerprint density at radius 1 is 0.867 bits per heavy atom. The number of alkyl halides is 2. The fraction of sp³-hybridized carbons (Fsp3) is 1.00. The number of halogens is 2. The Bertz CT molecular complexity index is 211. The van der Waals surface area contributed by atoms with Crippen molar-refractivity contribution in [3.8, 4) is 0 Å². The Kier molecular flexibility index (Phi) is 3.81. The molecule has 0 aromatic carbocycles. The summed E-state index contributed by atoms with van der Waals surface area (Å²) in [4.78, 5) is 1.07. The van der Waals surface area contributed by atoms with E-state index in [4.69, 9.17) is 0 Å². The molecule has 2 fully saturated rings. The summed E-state index contributed by atoms with van der Waals surface area (Å²) in [5.41, 5.74) is -0.149. The Hall–Kier alpha value is 0.880. The van der Waals surface area contributed by atoms with Gasteiger partial charge < -0.3 is 10.2 Å². The lowest BCUT2D eigenvalue weighted by atomic mass is 10.0. The molecule has 0 aromatic heterocycles. The van der Waals surface area contributed by atoms with Gasteiger partial charge in [-0.15, -0.1) is 0 Å². The second-order valence-electron chi connectivity index (χ2n) is 4.95. The van der Waals surface area contributed by atoms with Crippen molar-refractivity contribution in [2.45, 2.75) is 35.3 Å². The van der Waals surface area contributed by atoms with Gasteiger partial charge in [0.2, 0.25) is 0 Å². The van der Waals surface area contributed by atoms with Crippen molar-refractivity contribution in [1.29, 1.82) is 0 Å². The number of fused-ring (bicyclic) bond motifs is 1.